The van der Waals surface area contributed by atoms with Gasteiger partial charge < -0.3 is 16.6 Å². The Balaban J connectivity index is 1.94. The van der Waals surface area contributed by atoms with Crippen LogP contribution in [0.1, 0.15) is 45.1 Å². The van der Waals surface area contributed by atoms with Crippen molar-refractivity contribution in [2.45, 2.75) is 64.1 Å². The number of hydrogen-bond acceptors (Lipinski definition) is 4. The van der Waals surface area contributed by atoms with E-state index in [1.807, 2.05) is 44.2 Å². The summed E-state index contributed by atoms with van der Waals surface area (Å²) in [6, 6.07) is 9.99. The molecule has 0 saturated carbocycles. The van der Waals surface area contributed by atoms with Crippen molar-refractivity contribution in [2.75, 3.05) is 13.1 Å². The minimum atomic E-state index is -0.586. The number of nitrogens with two attached hydrogens (primary N) is 2. The molecular formula is C20H33N3O2. The lowest BCUT2D eigenvalue weighted by Crippen LogP contribution is -2.51. The first-order chi connectivity index (χ1) is 11.8. The normalized spacial score (nSPS) is 21.7. The van der Waals surface area contributed by atoms with E-state index >= 15 is 0 Å². The Kier molecular flexibility index (Phi) is 6.99. The van der Waals surface area contributed by atoms with Crippen molar-refractivity contribution in [1.29, 1.82) is 0 Å². The fourth-order valence-corrected chi connectivity index (χ4v) is 3.62. The molecule has 0 spiro atoms. The maximum absolute atomic E-state index is 11.7. The van der Waals surface area contributed by atoms with Crippen LogP contribution in [-0.4, -0.2) is 47.2 Å². The quantitative estimate of drug-likeness (QED) is 0.667. The highest BCUT2D eigenvalue weighted by Gasteiger charge is 2.34. The Morgan fingerprint density at radius 1 is 1.32 bits per heavy atom. The third-order valence-electron chi connectivity index (χ3n) is 5.39. The highest BCUT2D eigenvalue weighted by Crippen LogP contribution is 2.29. The molecule has 1 aromatic carbocycles. The zero-order chi connectivity index (χ0) is 18.4. The number of rotatable bonds is 8. The Morgan fingerprint density at radius 3 is 2.64 bits per heavy atom. The van der Waals surface area contributed by atoms with Gasteiger partial charge in [0.1, 0.15) is 0 Å². The fourth-order valence-electron chi connectivity index (χ4n) is 3.62. The average molecular weight is 348 g/mol. The monoisotopic (exact) mass is 347 g/mol. The molecule has 1 aliphatic heterocycles. The molecule has 2 rings (SSSR count). The van der Waals surface area contributed by atoms with Crippen LogP contribution in [0.25, 0.3) is 0 Å². The van der Waals surface area contributed by atoms with Gasteiger partial charge >= 0.3 is 0 Å². The minimum absolute atomic E-state index is 0.264. The zero-order valence-corrected chi connectivity index (χ0v) is 15.5. The second-order valence-corrected chi connectivity index (χ2v) is 8.02. The summed E-state index contributed by atoms with van der Waals surface area (Å²) in [4.78, 5) is 14.0. The summed E-state index contributed by atoms with van der Waals surface area (Å²) in [6.07, 6.45) is 4.11. The number of carbonyl (C=O) groups is 1. The lowest BCUT2D eigenvalue weighted by molar-refractivity contribution is -0.127. The number of benzene rings is 1. The van der Waals surface area contributed by atoms with Gasteiger partial charge in [-0.3, -0.25) is 9.69 Å². The van der Waals surface area contributed by atoms with Crippen molar-refractivity contribution in [3.05, 3.63) is 35.9 Å². The molecule has 5 heteroatoms. The number of amides is 1. The number of aliphatic hydroxyl groups is 1. The Bertz CT molecular complexity index is 547. The second kappa shape index (κ2) is 8.79. The van der Waals surface area contributed by atoms with Crippen LogP contribution in [0.2, 0.25) is 0 Å². The van der Waals surface area contributed by atoms with Crippen molar-refractivity contribution in [2.24, 2.45) is 16.9 Å². The number of primary amides is 1. The second-order valence-electron chi connectivity index (χ2n) is 8.02. The highest BCUT2D eigenvalue weighted by molar-refractivity contribution is 5.79. The molecule has 0 unspecified atom stereocenters. The third-order valence-corrected chi connectivity index (χ3v) is 5.39. The van der Waals surface area contributed by atoms with E-state index in [0.717, 1.165) is 37.8 Å². The van der Waals surface area contributed by atoms with E-state index in [-0.39, 0.29) is 18.0 Å². The SMILES string of the molecule is CC(C)(C[C@@H]1CCCCN1C[C@H](O)[C@H](N)Cc1ccccc1)C(N)=O. The van der Waals surface area contributed by atoms with Crippen LogP contribution in [0, 0.1) is 5.41 Å². The van der Waals surface area contributed by atoms with Gasteiger partial charge in [-0.2, -0.15) is 0 Å². The van der Waals surface area contributed by atoms with E-state index in [4.69, 9.17) is 11.5 Å². The van der Waals surface area contributed by atoms with Gasteiger partial charge in [0.25, 0.3) is 0 Å². The van der Waals surface area contributed by atoms with Crippen LogP contribution >= 0.6 is 0 Å². The van der Waals surface area contributed by atoms with E-state index in [0.29, 0.717) is 13.0 Å². The van der Waals surface area contributed by atoms with E-state index in [1.165, 1.54) is 0 Å². The number of aliphatic hydroxyl groups excluding tert-OH is 1. The molecule has 1 heterocycles. The summed E-state index contributed by atoms with van der Waals surface area (Å²) < 4.78 is 0. The molecule has 0 bridgehead atoms. The number of nitrogens with zero attached hydrogens (tertiary/aromatic N) is 1. The van der Waals surface area contributed by atoms with Gasteiger partial charge in [0.15, 0.2) is 0 Å². The Labute approximate surface area is 151 Å². The molecule has 140 valence electrons. The predicted molar refractivity (Wildman–Crippen MR) is 101 cm³/mol. The molecule has 1 aliphatic rings. The van der Waals surface area contributed by atoms with E-state index < -0.39 is 11.5 Å². The summed E-state index contributed by atoms with van der Waals surface area (Å²) in [5.41, 5.74) is 12.4. The number of likely N-dealkylation sites (tertiary alicyclic amines) is 1. The maximum Gasteiger partial charge on any atom is 0.223 e. The average Bonchev–Trinajstić information content (AvgIpc) is 2.57. The van der Waals surface area contributed by atoms with Crippen LogP contribution in [0.15, 0.2) is 30.3 Å². The van der Waals surface area contributed by atoms with Crippen molar-refractivity contribution >= 4 is 5.91 Å². The van der Waals surface area contributed by atoms with Crippen LogP contribution in [0.4, 0.5) is 0 Å². The molecule has 0 aromatic heterocycles. The van der Waals surface area contributed by atoms with E-state index in [9.17, 15) is 9.90 Å². The van der Waals surface area contributed by atoms with Crippen molar-refractivity contribution < 1.29 is 9.90 Å². The van der Waals surface area contributed by atoms with Gasteiger partial charge in [-0.1, -0.05) is 50.6 Å². The van der Waals surface area contributed by atoms with E-state index in [1.54, 1.807) is 0 Å². The first-order valence-corrected chi connectivity index (χ1v) is 9.31. The summed E-state index contributed by atoms with van der Waals surface area (Å²) in [5.74, 6) is -0.264. The molecule has 25 heavy (non-hydrogen) atoms. The molecule has 5 N–H and O–H groups in total. The first-order valence-electron chi connectivity index (χ1n) is 9.31. The van der Waals surface area contributed by atoms with Gasteiger partial charge in [0, 0.05) is 24.0 Å². The van der Waals surface area contributed by atoms with Gasteiger partial charge in [-0.15, -0.1) is 0 Å². The topological polar surface area (TPSA) is 92.6 Å². The van der Waals surface area contributed by atoms with Crippen LogP contribution in [0.3, 0.4) is 0 Å². The fraction of sp³-hybridized carbons (Fsp3) is 0.650. The molecule has 0 radical (unpaired) electrons. The van der Waals surface area contributed by atoms with Crippen LogP contribution in [0.5, 0.6) is 0 Å². The minimum Gasteiger partial charge on any atom is -0.390 e. The smallest absolute Gasteiger partial charge is 0.223 e. The van der Waals surface area contributed by atoms with Crippen molar-refractivity contribution in [3.8, 4) is 0 Å². The summed E-state index contributed by atoms with van der Waals surface area (Å²) in [5, 5.41) is 10.6. The number of carbonyl (C=O) groups excluding carboxylic acids is 1. The Morgan fingerprint density at radius 2 is 2.00 bits per heavy atom. The summed E-state index contributed by atoms with van der Waals surface area (Å²) >= 11 is 0. The van der Waals surface area contributed by atoms with Gasteiger partial charge in [-0.05, 0) is 37.8 Å². The van der Waals surface area contributed by atoms with Gasteiger partial charge in [0.2, 0.25) is 5.91 Å². The molecule has 3 atom stereocenters. The number of piperidine rings is 1. The zero-order valence-electron chi connectivity index (χ0n) is 15.5. The lowest BCUT2D eigenvalue weighted by atomic mass is 9.81. The number of hydrogen-bond donors (Lipinski definition) is 3. The highest BCUT2D eigenvalue weighted by atomic mass is 16.3. The standard InChI is InChI=1S/C20H33N3O2/c1-20(2,19(22)25)13-16-10-6-7-11-23(16)14-18(24)17(21)12-15-8-4-3-5-9-15/h3-5,8-9,16-18,24H,6-7,10-14,21H2,1-2H3,(H2,22,25)/t16-,17+,18-/m0/s1. The molecule has 1 amide bonds. The van der Waals surface area contributed by atoms with Crippen molar-refractivity contribution in [3.63, 3.8) is 0 Å². The Hall–Kier alpha value is -1.43. The molecule has 1 fully saturated rings. The molecule has 5 nitrogen and oxygen atoms in total. The predicted octanol–water partition coefficient (Wildman–Crippen LogP) is 1.67. The molecule has 0 aliphatic carbocycles. The molecule has 1 saturated heterocycles. The van der Waals surface area contributed by atoms with Crippen molar-refractivity contribution in [1.82, 2.24) is 4.90 Å². The third kappa shape index (κ3) is 5.80. The summed E-state index contributed by atoms with van der Waals surface area (Å²) in [6.45, 7) is 5.29. The summed E-state index contributed by atoms with van der Waals surface area (Å²) in [7, 11) is 0. The maximum atomic E-state index is 11.7. The number of β-amino-alcohol motifs (C(OH)–C–C–N with tert-alkyl or cyclic N) is 1. The van der Waals surface area contributed by atoms with Gasteiger partial charge in [-0.25, -0.2) is 0 Å². The van der Waals surface area contributed by atoms with Crippen LogP contribution in [-0.2, 0) is 11.2 Å². The lowest BCUT2D eigenvalue weighted by Gasteiger charge is -2.40. The van der Waals surface area contributed by atoms with Gasteiger partial charge in [0.05, 0.1) is 6.10 Å². The molecular weight excluding hydrogens is 314 g/mol. The first kappa shape index (κ1) is 19.9. The largest absolute Gasteiger partial charge is 0.390 e. The van der Waals surface area contributed by atoms with Crippen LogP contribution < -0.4 is 11.5 Å². The molecule has 1 aromatic rings. The van der Waals surface area contributed by atoms with E-state index in [2.05, 4.69) is 4.90 Å².